The standard InChI is InChI=1S/C27H27N3O5/c1-32-23-13-17-10-11-28-22(20(17)15-25(23)34-3)12-18-14-24(33-2)26(35-4)16-21(18)30-27(31)29-19-8-6-5-7-9-19/h5-11,13-16H,12H2,1-4H3,(H2,29,30,31). The monoisotopic (exact) mass is 473 g/mol. The number of pyridine rings is 1. The molecule has 0 aliphatic heterocycles. The van der Waals surface area contributed by atoms with Crippen LogP contribution < -0.4 is 29.6 Å². The molecule has 8 nitrogen and oxygen atoms in total. The van der Waals surface area contributed by atoms with E-state index in [-0.39, 0.29) is 6.03 Å². The minimum absolute atomic E-state index is 0.373. The molecular weight excluding hydrogens is 446 g/mol. The number of aromatic nitrogens is 1. The number of fused-ring (bicyclic) bond motifs is 1. The maximum Gasteiger partial charge on any atom is 0.323 e. The smallest absolute Gasteiger partial charge is 0.323 e. The van der Waals surface area contributed by atoms with Gasteiger partial charge in [-0.15, -0.1) is 0 Å². The zero-order valence-electron chi connectivity index (χ0n) is 20.0. The number of carbonyl (C=O) groups excluding carboxylic acids is 1. The first kappa shape index (κ1) is 23.7. The number of methoxy groups -OCH3 is 4. The Morgan fingerprint density at radius 1 is 0.771 bits per heavy atom. The van der Waals surface area contributed by atoms with E-state index in [0.717, 1.165) is 22.0 Å². The molecule has 2 N–H and O–H groups in total. The van der Waals surface area contributed by atoms with Crippen molar-refractivity contribution in [1.82, 2.24) is 4.98 Å². The fourth-order valence-corrected chi connectivity index (χ4v) is 3.87. The van der Waals surface area contributed by atoms with Gasteiger partial charge < -0.3 is 29.6 Å². The third kappa shape index (κ3) is 5.22. The number of urea groups is 1. The number of anilines is 2. The van der Waals surface area contributed by atoms with Crippen LogP contribution in [0.2, 0.25) is 0 Å². The van der Waals surface area contributed by atoms with Crippen LogP contribution in [0, 0.1) is 0 Å². The molecule has 2 amide bonds. The van der Waals surface area contributed by atoms with Gasteiger partial charge in [0.15, 0.2) is 23.0 Å². The number of rotatable bonds is 8. The summed E-state index contributed by atoms with van der Waals surface area (Å²) in [5.41, 5.74) is 2.88. The molecule has 35 heavy (non-hydrogen) atoms. The van der Waals surface area contributed by atoms with Crippen molar-refractivity contribution < 1.29 is 23.7 Å². The second-order valence-electron chi connectivity index (χ2n) is 7.67. The molecule has 0 aliphatic carbocycles. The van der Waals surface area contributed by atoms with Crippen molar-refractivity contribution in [2.75, 3.05) is 39.1 Å². The van der Waals surface area contributed by atoms with Crippen molar-refractivity contribution in [1.29, 1.82) is 0 Å². The summed E-state index contributed by atoms with van der Waals surface area (Å²) in [6, 6.07) is 18.2. The number of benzene rings is 3. The van der Waals surface area contributed by atoms with Crippen molar-refractivity contribution in [3.05, 3.63) is 78.1 Å². The van der Waals surface area contributed by atoms with Crippen molar-refractivity contribution in [3.63, 3.8) is 0 Å². The molecule has 0 saturated heterocycles. The van der Waals surface area contributed by atoms with Crippen LogP contribution in [-0.2, 0) is 6.42 Å². The van der Waals surface area contributed by atoms with Crippen LogP contribution in [0.25, 0.3) is 10.8 Å². The second-order valence-corrected chi connectivity index (χ2v) is 7.67. The lowest BCUT2D eigenvalue weighted by Crippen LogP contribution is -2.20. The summed E-state index contributed by atoms with van der Waals surface area (Å²) in [7, 11) is 6.33. The SMILES string of the molecule is COc1cc(Cc2nccc3cc(OC)c(OC)cc23)c(NC(=O)Nc2ccccc2)cc1OC. The Balaban J connectivity index is 1.73. The van der Waals surface area contributed by atoms with Crippen LogP contribution in [0.1, 0.15) is 11.3 Å². The Bertz CT molecular complexity index is 1340. The molecule has 8 heteroatoms. The number of para-hydroxylation sites is 1. The Kier molecular flexibility index (Phi) is 7.21. The molecule has 4 aromatic rings. The highest BCUT2D eigenvalue weighted by Crippen LogP contribution is 2.37. The van der Waals surface area contributed by atoms with Crippen molar-refractivity contribution >= 4 is 28.2 Å². The lowest BCUT2D eigenvalue weighted by molar-refractivity contribution is 0.262. The summed E-state index contributed by atoms with van der Waals surface area (Å²) >= 11 is 0. The van der Waals surface area contributed by atoms with E-state index in [1.807, 2.05) is 54.6 Å². The number of carbonyl (C=O) groups is 1. The predicted octanol–water partition coefficient (Wildman–Crippen LogP) is 5.50. The Morgan fingerprint density at radius 3 is 2.09 bits per heavy atom. The van der Waals surface area contributed by atoms with E-state index in [1.165, 1.54) is 0 Å². The van der Waals surface area contributed by atoms with Crippen LogP contribution >= 0.6 is 0 Å². The molecule has 0 bridgehead atoms. The van der Waals surface area contributed by atoms with Gasteiger partial charge in [-0.1, -0.05) is 18.2 Å². The van der Waals surface area contributed by atoms with E-state index in [0.29, 0.717) is 40.8 Å². The lowest BCUT2D eigenvalue weighted by atomic mass is 10.0. The van der Waals surface area contributed by atoms with Gasteiger partial charge in [-0.25, -0.2) is 4.79 Å². The van der Waals surface area contributed by atoms with Gasteiger partial charge in [-0.2, -0.15) is 0 Å². The van der Waals surface area contributed by atoms with Gasteiger partial charge in [0.25, 0.3) is 0 Å². The van der Waals surface area contributed by atoms with Crippen molar-refractivity contribution in [2.24, 2.45) is 0 Å². The maximum absolute atomic E-state index is 12.8. The number of hydrogen-bond donors (Lipinski definition) is 2. The average molecular weight is 474 g/mol. The number of amides is 2. The number of ether oxygens (including phenoxy) is 4. The van der Waals surface area contributed by atoms with E-state index in [4.69, 9.17) is 18.9 Å². The molecular formula is C27H27N3O5. The number of nitrogens with one attached hydrogen (secondary N) is 2. The quantitative estimate of drug-likeness (QED) is 0.351. The maximum atomic E-state index is 12.8. The largest absolute Gasteiger partial charge is 0.493 e. The van der Waals surface area contributed by atoms with Crippen molar-refractivity contribution in [2.45, 2.75) is 6.42 Å². The first-order chi connectivity index (χ1) is 17.1. The van der Waals surface area contributed by atoms with E-state index in [2.05, 4.69) is 15.6 Å². The molecule has 0 aliphatic rings. The highest BCUT2D eigenvalue weighted by atomic mass is 16.5. The van der Waals surface area contributed by atoms with Crippen LogP contribution in [0.5, 0.6) is 23.0 Å². The first-order valence-corrected chi connectivity index (χ1v) is 10.9. The normalized spacial score (nSPS) is 10.5. The highest BCUT2D eigenvalue weighted by Gasteiger charge is 2.17. The molecule has 1 heterocycles. The number of hydrogen-bond acceptors (Lipinski definition) is 6. The summed E-state index contributed by atoms with van der Waals surface area (Å²) < 4.78 is 21.9. The van der Waals surface area contributed by atoms with Gasteiger partial charge in [0.05, 0.1) is 34.1 Å². The van der Waals surface area contributed by atoms with Gasteiger partial charge in [0.2, 0.25) is 0 Å². The minimum atomic E-state index is -0.373. The fourth-order valence-electron chi connectivity index (χ4n) is 3.87. The molecule has 0 fully saturated rings. The molecule has 0 radical (unpaired) electrons. The van der Waals surface area contributed by atoms with E-state index < -0.39 is 0 Å². The molecule has 0 spiro atoms. The lowest BCUT2D eigenvalue weighted by Gasteiger charge is -2.17. The summed E-state index contributed by atoms with van der Waals surface area (Å²) in [6.45, 7) is 0. The summed E-state index contributed by atoms with van der Waals surface area (Å²) in [4.78, 5) is 17.4. The average Bonchev–Trinajstić information content (AvgIpc) is 2.89. The summed E-state index contributed by atoms with van der Waals surface area (Å²) in [5.74, 6) is 2.31. The molecule has 3 aromatic carbocycles. The Morgan fingerprint density at radius 2 is 1.40 bits per heavy atom. The van der Waals surface area contributed by atoms with Crippen LogP contribution in [0.15, 0.2) is 66.9 Å². The van der Waals surface area contributed by atoms with E-state index >= 15 is 0 Å². The van der Waals surface area contributed by atoms with Gasteiger partial charge in [-0.3, -0.25) is 4.98 Å². The zero-order chi connectivity index (χ0) is 24.8. The predicted molar refractivity (Wildman–Crippen MR) is 136 cm³/mol. The molecule has 1 aromatic heterocycles. The molecule has 4 rings (SSSR count). The molecule has 0 unspecified atom stereocenters. The Hall–Kier alpha value is -4.46. The fraction of sp³-hybridized carbons (Fsp3) is 0.185. The van der Waals surface area contributed by atoms with Crippen LogP contribution in [0.3, 0.4) is 0 Å². The van der Waals surface area contributed by atoms with Gasteiger partial charge in [0, 0.05) is 35.4 Å². The van der Waals surface area contributed by atoms with Crippen LogP contribution in [0.4, 0.5) is 16.2 Å². The third-order valence-corrected chi connectivity index (χ3v) is 5.60. The Labute approximate surface area is 203 Å². The summed E-state index contributed by atoms with van der Waals surface area (Å²) in [5, 5.41) is 7.65. The van der Waals surface area contributed by atoms with Gasteiger partial charge in [0.1, 0.15) is 0 Å². The molecule has 0 saturated carbocycles. The van der Waals surface area contributed by atoms with Crippen LogP contribution in [-0.4, -0.2) is 39.5 Å². The molecule has 0 atom stereocenters. The van der Waals surface area contributed by atoms with E-state index in [1.54, 1.807) is 40.7 Å². The van der Waals surface area contributed by atoms with Crippen molar-refractivity contribution in [3.8, 4) is 23.0 Å². The molecule has 180 valence electrons. The zero-order valence-corrected chi connectivity index (χ0v) is 20.0. The highest BCUT2D eigenvalue weighted by molar-refractivity contribution is 6.00. The van der Waals surface area contributed by atoms with E-state index in [9.17, 15) is 4.79 Å². The van der Waals surface area contributed by atoms with Gasteiger partial charge in [-0.05, 0) is 47.3 Å². The van der Waals surface area contributed by atoms with Gasteiger partial charge >= 0.3 is 6.03 Å². The minimum Gasteiger partial charge on any atom is -0.493 e. The summed E-state index contributed by atoms with van der Waals surface area (Å²) in [6.07, 6.45) is 2.17. The first-order valence-electron chi connectivity index (χ1n) is 10.9. The number of nitrogens with zero attached hydrogens (tertiary/aromatic N) is 1. The third-order valence-electron chi connectivity index (χ3n) is 5.60. The second kappa shape index (κ2) is 10.6. The topological polar surface area (TPSA) is 90.9 Å².